The first-order chi connectivity index (χ1) is 11.0. The van der Waals surface area contributed by atoms with Crippen molar-refractivity contribution in [3.05, 3.63) is 35.9 Å². The Kier molecular flexibility index (Phi) is 6.39. The first kappa shape index (κ1) is 17.7. The van der Waals surface area contributed by atoms with Crippen LogP contribution in [0.4, 0.5) is 13.2 Å². The highest BCUT2D eigenvalue weighted by Gasteiger charge is 2.28. The molecule has 1 aliphatic rings. The van der Waals surface area contributed by atoms with E-state index in [1.807, 2.05) is 30.3 Å². The summed E-state index contributed by atoms with van der Waals surface area (Å²) in [6.07, 6.45) is -4.27. The minimum Gasteiger partial charge on any atom is -0.371 e. The number of alkyl halides is 3. The number of piperazine rings is 1. The van der Waals surface area contributed by atoms with E-state index in [2.05, 4.69) is 20.6 Å². The molecule has 0 bridgehead atoms. The quantitative estimate of drug-likeness (QED) is 0.753. The van der Waals surface area contributed by atoms with Gasteiger partial charge in [0, 0.05) is 32.7 Å². The molecule has 0 spiro atoms. The highest BCUT2D eigenvalue weighted by molar-refractivity contribution is 5.24. The molecule has 1 unspecified atom stereocenters. The molecule has 0 saturated carbocycles. The fraction of sp³-hybridized carbons (Fsp3) is 0.562. The molecule has 1 aliphatic heterocycles. The van der Waals surface area contributed by atoms with Gasteiger partial charge < -0.3 is 4.74 Å². The monoisotopic (exact) mass is 327 g/mol. The number of hydrogen-bond donors (Lipinski definition) is 0. The molecule has 1 fully saturated rings. The molecular weight excluding hydrogens is 307 g/mol. The van der Waals surface area contributed by atoms with Gasteiger partial charge in [-0.25, -0.2) is 0 Å². The summed E-state index contributed by atoms with van der Waals surface area (Å²) in [5.74, 6) is 0. The van der Waals surface area contributed by atoms with Gasteiger partial charge in [-0.3, -0.25) is 9.80 Å². The van der Waals surface area contributed by atoms with E-state index in [0.717, 1.165) is 18.7 Å². The third-order valence-electron chi connectivity index (χ3n) is 3.83. The predicted octanol–water partition coefficient (Wildman–Crippen LogP) is 2.45. The van der Waals surface area contributed by atoms with Gasteiger partial charge in [-0.05, 0) is 5.56 Å². The van der Waals surface area contributed by atoms with Gasteiger partial charge in [-0.15, -0.1) is 0 Å². The highest BCUT2D eigenvalue weighted by Crippen LogP contribution is 2.21. The van der Waals surface area contributed by atoms with Gasteiger partial charge in [0.15, 0.2) is 0 Å². The Hall–Kier alpha value is -1.62. The number of hydrogen-bond acceptors (Lipinski definition) is 4. The van der Waals surface area contributed by atoms with E-state index in [1.54, 1.807) is 0 Å². The lowest BCUT2D eigenvalue weighted by Gasteiger charge is -2.36. The van der Waals surface area contributed by atoms with Crippen molar-refractivity contribution in [2.75, 3.05) is 45.9 Å². The molecule has 0 aromatic heterocycles. The van der Waals surface area contributed by atoms with Crippen molar-refractivity contribution in [3.8, 4) is 6.07 Å². The average molecular weight is 327 g/mol. The minimum atomic E-state index is -4.27. The number of benzene rings is 1. The Morgan fingerprint density at radius 1 is 1.13 bits per heavy atom. The largest absolute Gasteiger partial charge is 0.411 e. The zero-order valence-electron chi connectivity index (χ0n) is 12.8. The zero-order valence-corrected chi connectivity index (χ0v) is 12.8. The van der Waals surface area contributed by atoms with Crippen molar-refractivity contribution < 1.29 is 17.9 Å². The maximum Gasteiger partial charge on any atom is 0.411 e. The molecule has 4 nitrogen and oxygen atoms in total. The van der Waals surface area contributed by atoms with Gasteiger partial charge in [-0.2, -0.15) is 18.4 Å². The molecule has 1 aromatic carbocycles. The molecule has 0 aliphatic carbocycles. The second-order valence-corrected chi connectivity index (χ2v) is 5.49. The summed E-state index contributed by atoms with van der Waals surface area (Å²) in [7, 11) is 0. The van der Waals surface area contributed by atoms with Crippen molar-refractivity contribution in [1.29, 1.82) is 5.26 Å². The highest BCUT2D eigenvalue weighted by atomic mass is 19.4. The molecule has 1 atom stereocenters. The molecule has 1 saturated heterocycles. The van der Waals surface area contributed by atoms with E-state index in [4.69, 9.17) is 0 Å². The summed E-state index contributed by atoms with van der Waals surface area (Å²) >= 11 is 0. The summed E-state index contributed by atoms with van der Waals surface area (Å²) in [5.41, 5.74) is 0.969. The van der Waals surface area contributed by atoms with Crippen LogP contribution < -0.4 is 0 Å². The summed E-state index contributed by atoms with van der Waals surface area (Å²) in [6.45, 7) is 2.23. The van der Waals surface area contributed by atoms with Gasteiger partial charge >= 0.3 is 6.18 Å². The van der Waals surface area contributed by atoms with E-state index >= 15 is 0 Å². The van der Waals surface area contributed by atoms with E-state index in [-0.39, 0.29) is 12.6 Å². The molecule has 126 valence electrons. The second-order valence-electron chi connectivity index (χ2n) is 5.49. The molecule has 0 N–H and O–H groups in total. The molecule has 1 heterocycles. The Morgan fingerprint density at radius 2 is 1.78 bits per heavy atom. The molecule has 7 heteroatoms. The Balaban J connectivity index is 1.74. The zero-order chi connectivity index (χ0) is 16.7. The Bertz CT molecular complexity index is 508. The van der Waals surface area contributed by atoms with Gasteiger partial charge in [0.1, 0.15) is 12.6 Å². The molecular formula is C16H20F3N3O. The summed E-state index contributed by atoms with van der Waals surface area (Å²) in [5, 5.41) is 9.42. The molecule has 0 radical (unpaired) electrons. The number of ether oxygens (including phenoxy) is 1. The van der Waals surface area contributed by atoms with Crippen molar-refractivity contribution in [1.82, 2.24) is 9.80 Å². The summed E-state index contributed by atoms with van der Waals surface area (Å²) in [6, 6.07) is 11.7. The summed E-state index contributed by atoms with van der Waals surface area (Å²) in [4.78, 5) is 4.16. The van der Waals surface area contributed by atoms with Crippen LogP contribution in [0.15, 0.2) is 30.3 Å². The normalized spacial score (nSPS) is 18.5. The van der Waals surface area contributed by atoms with E-state index in [9.17, 15) is 18.4 Å². The van der Waals surface area contributed by atoms with Crippen LogP contribution >= 0.6 is 0 Å². The van der Waals surface area contributed by atoms with Crippen LogP contribution in [0, 0.1) is 11.3 Å². The van der Waals surface area contributed by atoms with Crippen LogP contribution in [-0.4, -0.2) is 61.9 Å². The van der Waals surface area contributed by atoms with Gasteiger partial charge in [0.2, 0.25) is 0 Å². The first-order valence-corrected chi connectivity index (χ1v) is 7.55. The first-order valence-electron chi connectivity index (χ1n) is 7.55. The van der Waals surface area contributed by atoms with Gasteiger partial charge in [0.25, 0.3) is 0 Å². The lowest BCUT2D eigenvalue weighted by Crippen LogP contribution is -2.48. The third-order valence-corrected chi connectivity index (χ3v) is 3.83. The fourth-order valence-corrected chi connectivity index (χ4v) is 2.63. The molecule has 23 heavy (non-hydrogen) atoms. The van der Waals surface area contributed by atoms with Crippen molar-refractivity contribution in [2.24, 2.45) is 0 Å². The van der Waals surface area contributed by atoms with Crippen LogP contribution in [0.25, 0.3) is 0 Å². The van der Waals surface area contributed by atoms with Crippen LogP contribution in [-0.2, 0) is 4.74 Å². The van der Waals surface area contributed by atoms with Gasteiger partial charge in [-0.1, -0.05) is 30.3 Å². The van der Waals surface area contributed by atoms with Crippen LogP contribution in [0.1, 0.15) is 11.6 Å². The maximum atomic E-state index is 12.0. The third kappa shape index (κ3) is 5.82. The number of halogens is 3. The second kappa shape index (κ2) is 8.29. The lowest BCUT2D eigenvalue weighted by atomic mass is 10.1. The Morgan fingerprint density at radius 3 is 2.35 bits per heavy atom. The van der Waals surface area contributed by atoms with E-state index in [0.29, 0.717) is 19.6 Å². The molecule has 0 amide bonds. The van der Waals surface area contributed by atoms with E-state index < -0.39 is 12.8 Å². The average Bonchev–Trinajstić information content (AvgIpc) is 2.54. The van der Waals surface area contributed by atoms with Crippen LogP contribution in [0.5, 0.6) is 0 Å². The van der Waals surface area contributed by atoms with Crippen LogP contribution in [0.3, 0.4) is 0 Å². The number of nitriles is 1. The summed E-state index contributed by atoms with van der Waals surface area (Å²) < 4.78 is 40.6. The number of nitrogens with zero attached hydrogens (tertiary/aromatic N) is 3. The topological polar surface area (TPSA) is 39.5 Å². The number of rotatable bonds is 6. The predicted molar refractivity (Wildman–Crippen MR) is 79.7 cm³/mol. The standard InChI is InChI=1S/C16H20F3N3O/c17-16(18,19)13-23-11-10-21-6-8-22(9-7-21)15(12-20)14-4-2-1-3-5-14/h1-5,15H,6-11,13H2. The fourth-order valence-electron chi connectivity index (χ4n) is 2.63. The molecule has 2 rings (SSSR count). The van der Waals surface area contributed by atoms with Crippen LogP contribution in [0.2, 0.25) is 0 Å². The SMILES string of the molecule is N#CC(c1ccccc1)N1CCN(CCOCC(F)(F)F)CC1. The Labute approximate surface area is 134 Å². The van der Waals surface area contributed by atoms with Gasteiger partial charge in [0.05, 0.1) is 12.7 Å². The lowest BCUT2D eigenvalue weighted by molar-refractivity contribution is -0.174. The maximum absolute atomic E-state index is 12.0. The molecule has 1 aromatic rings. The van der Waals surface area contributed by atoms with Crippen molar-refractivity contribution in [2.45, 2.75) is 12.2 Å². The smallest absolute Gasteiger partial charge is 0.371 e. The minimum absolute atomic E-state index is 0.0693. The van der Waals surface area contributed by atoms with Crippen molar-refractivity contribution in [3.63, 3.8) is 0 Å². The van der Waals surface area contributed by atoms with E-state index in [1.165, 1.54) is 0 Å². The van der Waals surface area contributed by atoms with Crippen molar-refractivity contribution >= 4 is 0 Å².